The summed E-state index contributed by atoms with van der Waals surface area (Å²) in [4.78, 5) is 7.78. The van der Waals surface area contributed by atoms with Gasteiger partial charge in [-0.1, -0.05) is 0 Å². The Hall–Kier alpha value is -1.21. The van der Waals surface area contributed by atoms with E-state index in [-0.39, 0.29) is 6.10 Å². The number of hydrogen-bond donors (Lipinski definition) is 0. The Labute approximate surface area is 101 Å². The molecule has 6 nitrogen and oxygen atoms in total. The van der Waals surface area contributed by atoms with E-state index in [1.807, 2.05) is 0 Å². The number of ether oxygens (including phenoxy) is 1. The van der Waals surface area contributed by atoms with E-state index >= 15 is 0 Å². The van der Waals surface area contributed by atoms with Crippen molar-refractivity contribution < 1.29 is 13.2 Å². The normalized spacial score (nSPS) is 19.1. The van der Waals surface area contributed by atoms with E-state index in [2.05, 4.69) is 9.97 Å². The van der Waals surface area contributed by atoms with Gasteiger partial charge in [-0.25, -0.2) is 22.7 Å². The molecule has 0 unspecified atom stereocenters. The molecule has 2 heterocycles. The largest absolute Gasteiger partial charge is 0.474 e. The molecule has 0 amide bonds. The Balaban J connectivity index is 1.88. The van der Waals surface area contributed by atoms with Crippen molar-refractivity contribution in [3.8, 4) is 5.88 Å². The lowest BCUT2D eigenvalue weighted by molar-refractivity contribution is 0.130. The van der Waals surface area contributed by atoms with Crippen LogP contribution in [0.1, 0.15) is 12.8 Å². The van der Waals surface area contributed by atoms with Crippen molar-refractivity contribution in [3.63, 3.8) is 0 Å². The summed E-state index contributed by atoms with van der Waals surface area (Å²) in [6.07, 6.45) is 5.70. The summed E-state index contributed by atoms with van der Waals surface area (Å²) in [6.45, 7) is 1.02. The summed E-state index contributed by atoms with van der Waals surface area (Å²) in [7, 11) is -3.07. The van der Waals surface area contributed by atoms with Crippen molar-refractivity contribution in [1.29, 1.82) is 0 Å². The summed E-state index contributed by atoms with van der Waals surface area (Å²) in [6, 6.07) is 1.70. The topological polar surface area (TPSA) is 72.4 Å². The van der Waals surface area contributed by atoms with Gasteiger partial charge in [-0.3, -0.25) is 0 Å². The lowest BCUT2D eigenvalue weighted by Gasteiger charge is -2.30. The van der Waals surface area contributed by atoms with Crippen LogP contribution in [0, 0.1) is 0 Å². The van der Waals surface area contributed by atoms with E-state index in [4.69, 9.17) is 4.74 Å². The molecular weight excluding hydrogens is 242 g/mol. The highest BCUT2D eigenvalue weighted by molar-refractivity contribution is 7.88. The third-order valence-electron chi connectivity index (χ3n) is 2.71. The van der Waals surface area contributed by atoms with Gasteiger partial charge in [0.15, 0.2) is 0 Å². The van der Waals surface area contributed by atoms with Crippen LogP contribution in [0.3, 0.4) is 0 Å². The van der Waals surface area contributed by atoms with Crippen molar-refractivity contribution in [2.24, 2.45) is 0 Å². The van der Waals surface area contributed by atoms with Gasteiger partial charge in [0.25, 0.3) is 0 Å². The third-order valence-corrected chi connectivity index (χ3v) is 4.02. The molecular formula is C10H15N3O3S. The van der Waals surface area contributed by atoms with Crippen LogP contribution in [-0.4, -0.2) is 48.1 Å². The first-order valence-electron chi connectivity index (χ1n) is 5.43. The molecule has 0 radical (unpaired) electrons. The van der Waals surface area contributed by atoms with Crippen LogP contribution >= 0.6 is 0 Å². The average Bonchev–Trinajstić information content (AvgIpc) is 2.30. The first-order valence-corrected chi connectivity index (χ1v) is 7.28. The molecule has 7 heteroatoms. The Morgan fingerprint density at radius 1 is 1.41 bits per heavy atom. The van der Waals surface area contributed by atoms with E-state index in [0.29, 0.717) is 31.8 Å². The zero-order chi connectivity index (χ0) is 12.3. The quantitative estimate of drug-likeness (QED) is 0.777. The van der Waals surface area contributed by atoms with Crippen molar-refractivity contribution in [3.05, 3.63) is 18.6 Å². The first-order chi connectivity index (χ1) is 8.05. The average molecular weight is 257 g/mol. The van der Waals surface area contributed by atoms with Crippen LogP contribution in [0.25, 0.3) is 0 Å². The fourth-order valence-corrected chi connectivity index (χ4v) is 2.67. The van der Waals surface area contributed by atoms with E-state index in [9.17, 15) is 8.42 Å². The number of rotatable bonds is 3. The summed E-state index contributed by atoms with van der Waals surface area (Å²) in [5.74, 6) is 0.540. The Kier molecular flexibility index (Phi) is 3.58. The number of aromatic nitrogens is 2. The van der Waals surface area contributed by atoms with Gasteiger partial charge in [-0.05, 0) is 12.8 Å². The highest BCUT2D eigenvalue weighted by Crippen LogP contribution is 2.17. The SMILES string of the molecule is CS(=O)(=O)N1CCC(Oc2ccncn2)CC1. The second-order valence-corrected chi connectivity index (χ2v) is 6.01. The molecule has 1 aromatic rings. The zero-order valence-electron chi connectivity index (χ0n) is 9.61. The number of piperidine rings is 1. The van der Waals surface area contributed by atoms with Crippen molar-refractivity contribution in [1.82, 2.24) is 14.3 Å². The van der Waals surface area contributed by atoms with Crippen molar-refractivity contribution in [2.45, 2.75) is 18.9 Å². The fraction of sp³-hybridized carbons (Fsp3) is 0.600. The van der Waals surface area contributed by atoms with Gasteiger partial charge in [0, 0.05) is 25.4 Å². The van der Waals surface area contributed by atoms with E-state index in [1.165, 1.54) is 16.9 Å². The van der Waals surface area contributed by atoms with Crippen LogP contribution in [0.2, 0.25) is 0 Å². The molecule has 1 saturated heterocycles. The van der Waals surface area contributed by atoms with Gasteiger partial charge in [0.2, 0.25) is 15.9 Å². The maximum atomic E-state index is 11.3. The van der Waals surface area contributed by atoms with Gasteiger partial charge in [0.05, 0.1) is 6.26 Å². The summed E-state index contributed by atoms with van der Waals surface area (Å²) >= 11 is 0. The summed E-state index contributed by atoms with van der Waals surface area (Å²) in [5, 5.41) is 0. The molecule has 0 N–H and O–H groups in total. The number of nitrogens with zero attached hydrogens (tertiary/aromatic N) is 3. The number of sulfonamides is 1. The minimum absolute atomic E-state index is 0.0305. The molecule has 17 heavy (non-hydrogen) atoms. The van der Waals surface area contributed by atoms with Crippen molar-refractivity contribution in [2.75, 3.05) is 19.3 Å². The van der Waals surface area contributed by atoms with Gasteiger partial charge >= 0.3 is 0 Å². The highest BCUT2D eigenvalue weighted by atomic mass is 32.2. The van der Waals surface area contributed by atoms with Crippen LogP contribution in [0.4, 0.5) is 0 Å². The molecule has 0 bridgehead atoms. The van der Waals surface area contributed by atoms with Gasteiger partial charge in [0.1, 0.15) is 12.4 Å². The summed E-state index contributed by atoms with van der Waals surface area (Å²) < 4.78 is 29.8. The molecule has 1 fully saturated rings. The first kappa shape index (κ1) is 12.3. The molecule has 0 saturated carbocycles. The second kappa shape index (κ2) is 4.97. The van der Waals surface area contributed by atoms with E-state index in [1.54, 1.807) is 12.3 Å². The monoisotopic (exact) mass is 257 g/mol. The highest BCUT2D eigenvalue weighted by Gasteiger charge is 2.25. The van der Waals surface area contributed by atoms with Crippen LogP contribution < -0.4 is 4.74 Å². The van der Waals surface area contributed by atoms with Crippen LogP contribution in [-0.2, 0) is 10.0 Å². The maximum absolute atomic E-state index is 11.3. The standard InChI is InChI=1S/C10H15N3O3S/c1-17(14,15)13-6-3-9(4-7-13)16-10-2-5-11-8-12-10/h2,5,8-9H,3-4,6-7H2,1H3. The second-order valence-electron chi connectivity index (χ2n) is 4.03. The molecule has 94 valence electrons. The zero-order valence-corrected chi connectivity index (χ0v) is 10.4. The maximum Gasteiger partial charge on any atom is 0.216 e. The fourth-order valence-electron chi connectivity index (χ4n) is 1.80. The van der Waals surface area contributed by atoms with E-state index < -0.39 is 10.0 Å². The Morgan fingerprint density at radius 2 is 2.12 bits per heavy atom. The smallest absolute Gasteiger partial charge is 0.216 e. The minimum atomic E-state index is -3.07. The van der Waals surface area contributed by atoms with Gasteiger partial charge < -0.3 is 4.74 Å². The number of hydrogen-bond acceptors (Lipinski definition) is 5. The molecule has 2 rings (SSSR count). The molecule has 1 aliphatic rings. The van der Waals surface area contributed by atoms with Crippen molar-refractivity contribution >= 4 is 10.0 Å². The van der Waals surface area contributed by atoms with Crippen LogP contribution in [0.15, 0.2) is 18.6 Å². The molecule has 0 aliphatic carbocycles. The van der Waals surface area contributed by atoms with Gasteiger partial charge in [-0.2, -0.15) is 0 Å². The minimum Gasteiger partial charge on any atom is -0.474 e. The van der Waals surface area contributed by atoms with E-state index in [0.717, 1.165) is 0 Å². The lowest BCUT2D eigenvalue weighted by atomic mass is 10.1. The third kappa shape index (κ3) is 3.37. The van der Waals surface area contributed by atoms with Crippen LogP contribution in [0.5, 0.6) is 5.88 Å². The Morgan fingerprint density at radius 3 is 2.65 bits per heavy atom. The predicted octanol–water partition coefficient (Wildman–Crippen LogP) is 0.279. The lowest BCUT2D eigenvalue weighted by Crippen LogP contribution is -2.41. The predicted molar refractivity (Wildman–Crippen MR) is 62.1 cm³/mol. The molecule has 1 aliphatic heterocycles. The molecule has 0 atom stereocenters. The summed E-state index contributed by atoms with van der Waals surface area (Å²) in [5.41, 5.74) is 0. The van der Waals surface area contributed by atoms with Gasteiger partial charge in [-0.15, -0.1) is 0 Å². The molecule has 0 spiro atoms. The molecule has 0 aromatic carbocycles. The molecule has 1 aromatic heterocycles. The Bertz CT molecular complexity index is 455.